The third-order valence-electron chi connectivity index (χ3n) is 2.60. The molecule has 1 aromatic carbocycles. The van der Waals surface area contributed by atoms with Crippen LogP contribution < -0.4 is 10.9 Å². The number of halogens is 3. The van der Waals surface area contributed by atoms with Gasteiger partial charge in [-0.05, 0) is 40.5 Å². The van der Waals surface area contributed by atoms with E-state index in [0.717, 1.165) is 5.56 Å². The second kappa shape index (κ2) is 5.94. The Kier molecular flexibility index (Phi) is 4.50. The van der Waals surface area contributed by atoms with Gasteiger partial charge in [0.2, 0.25) is 0 Å². The average molecular weight is 363 g/mol. The van der Waals surface area contributed by atoms with E-state index in [1.54, 1.807) is 12.1 Å². The molecular weight excluding hydrogens is 353 g/mol. The van der Waals surface area contributed by atoms with Crippen molar-refractivity contribution in [2.75, 3.05) is 5.32 Å². The molecule has 19 heavy (non-hydrogen) atoms. The van der Waals surface area contributed by atoms with E-state index in [1.807, 2.05) is 13.0 Å². The molecular formula is C12H10BrCl2N3O. The van der Waals surface area contributed by atoms with Crippen LogP contribution in [0.15, 0.2) is 33.7 Å². The van der Waals surface area contributed by atoms with E-state index < -0.39 is 0 Å². The van der Waals surface area contributed by atoms with Gasteiger partial charge < -0.3 is 5.32 Å². The van der Waals surface area contributed by atoms with Crippen LogP contribution in [0.3, 0.4) is 0 Å². The molecule has 4 nitrogen and oxygen atoms in total. The van der Waals surface area contributed by atoms with Gasteiger partial charge in [-0.3, -0.25) is 4.79 Å². The molecule has 0 amide bonds. The van der Waals surface area contributed by atoms with Crippen molar-refractivity contribution >= 4 is 44.8 Å². The fourth-order valence-corrected chi connectivity index (χ4v) is 2.53. The smallest absolute Gasteiger partial charge is 0.280 e. The van der Waals surface area contributed by atoms with E-state index in [4.69, 9.17) is 23.2 Å². The third kappa shape index (κ3) is 3.29. The molecule has 0 fully saturated rings. The zero-order chi connectivity index (χ0) is 14.0. The number of nitrogens with zero attached hydrogens (tertiary/aromatic N) is 1. The summed E-state index contributed by atoms with van der Waals surface area (Å²) in [7, 11) is 0. The molecule has 1 unspecified atom stereocenters. The molecule has 2 N–H and O–H groups in total. The summed E-state index contributed by atoms with van der Waals surface area (Å²) in [4.78, 5) is 11.4. The fraction of sp³-hybridized carbons (Fsp3) is 0.167. The summed E-state index contributed by atoms with van der Waals surface area (Å²) in [5.41, 5.74) is 1.19. The number of benzene rings is 1. The Morgan fingerprint density at radius 2 is 2.16 bits per heavy atom. The Morgan fingerprint density at radius 1 is 1.42 bits per heavy atom. The molecule has 0 radical (unpaired) electrons. The van der Waals surface area contributed by atoms with Crippen LogP contribution in [0, 0.1) is 0 Å². The normalized spacial score (nSPS) is 12.2. The molecule has 7 heteroatoms. The van der Waals surface area contributed by atoms with Crippen LogP contribution in [-0.2, 0) is 0 Å². The lowest BCUT2D eigenvalue weighted by Gasteiger charge is -2.17. The zero-order valence-electron chi connectivity index (χ0n) is 9.88. The summed E-state index contributed by atoms with van der Waals surface area (Å²) in [5, 5.41) is 10.4. The number of nitrogens with one attached hydrogen (secondary N) is 2. The first kappa shape index (κ1) is 14.4. The van der Waals surface area contributed by atoms with Crippen molar-refractivity contribution in [3.8, 4) is 0 Å². The maximum absolute atomic E-state index is 11.4. The van der Waals surface area contributed by atoms with Crippen molar-refractivity contribution in [3.63, 3.8) is 0 Å². The standard InChI is InChI=1S/C12H10BrCl2N3O/c1-6(8-3-2-7(14)4-9(8)15)17-10-5-16-18-12(19)11(10)13/h2-6H,1H3,(H2,17,18,19). The molecule has 2 rings (SSSR count). The minimum Gasteiger partial charge on any atom is -0.376 e. The highest BCUT2D eigenvalue weighted by molar-refractivity contribution is 9.10. The highest BCUT2D eigenvalue weighted by atomic mass is 79.9. The van der Waals surface area contributed by atoms with Crippen LogP contribution in [-0.4, -0.2) is 10.2 Å². The molecule has 1 aromatic heterocycles. The second-order valence-electron chi connectivity index (χ2n) is 3.96. The van der Waals surface area contributed by atoms with Crippen LogP contribution in [0.5, 0.6) is 0 Å². The van der Waals surface area contributed by atoms with Crippen LogP contribution >= 0.6 is 39.1 Å². The Morgan fingerprint density at radius 3 is 2.84 bits per heavy atom. The van der Waals surface area contributed by atoms with E-state index in [9.17, 15) is 4.79 Å². The zero-order valence-corrected chi connectivity index (χ0v) is 13.0. The highest BCUT2D eigenvalue weighted by Crippen LogP contribution is 2.29. The topological polar surface area (TPSA) is 57.8 Å². The number of aromatic nitrogens is 2. The van der Waals surface area contributed by atoms with E-state index in [1.165, 1.54) is 6.20 Å². The average Bonchev–Trinajstić information content (AvgIpc) is 2.34. The van der Waals surface area contributed by atoms with Gasteiger partial charge in [0.15, 0.2) is 0 Å². The Balaban J connectivity index is 2.28. The summed E-state index contributed by atoms with van der Waals surface area (Å²) in [6.45, 7) is 1.93. The minimum atomic E-state index is -0.292. The van der Waals surface area contributed by atoms with Crippen LogP contribution in [0.4, 0.5) is 5.69 Å². The van der Waals surface area contributed by atoms with Crippen molar-refractivity contribution in [2.45, 2.75) is 13.0 Å². The van der Waals surface area contributed by atoms with Crippen LogP contribution in [0.1, 0.15) is 18.5 Å². The Bertz CT molecular complexity index is 660. The molecule has 0 aliphatic heterocycles. The maximum Gasteiger partial charge on any atom is 0.280 e. The van der Waals surface area contributed by atoms with Crippen molar-refractivity contribution < 1.29 is 0 Å². The van der Waals surface area contributed by atoms with E-state index in [2.05, 4.69) is 31.4 Å². The quantitative estimate of drug-likeness (QED) is 0.867. The Hall–Kier alpha value is -1.04. The Labute approximate surface area is 128 Å². The van der Waals surface area contributed by atoms with Gasteiger partial charge in [-0.15, -0.1) is 0 Å². The van der Waals surface area contributed by atoms with Gasteiger partial charge in [0.1, 0.15) is 4.47 Å². The maximum atomic E-state index is 11.4. The molecule has 1 heterocycles. The monoisotopic (exact) mass is 361 g/mol. The largest absolute Gasteiger partial charge is 0.376 e. The SMILES string of the molecule is CC(Nc1cn[nH]c(=O)c1Br)c1ccc(Cl)cc1Cl. The predicted octanol–water partition coefficient (Wildman–Crippen LogP) is 4.01. The summed E-state index contributed by atoms with van der Waals surface area (Å²) in [6.07, 6.45) is 1.53. The van der Waals surface area contributed by atoms with Gasteiger partial charge in [0.05, 0.1) is 17.9 Å². The van der Waals surface area contributed by atoms with Gasteiger partial charge in [-0.25, -0.2) is 5.10 Å². The van der Waals surface area contributed by atoms with E-state index >= 15 is 0 Å². The van der Waals surface area contributed by atoms with Crippen molar-refractivity contribution in [2.24, 2.45) is 0 Å². The summed E-state index contributed by atoms with van der Waals surface area (Å²) in [5.74, 6) is 0. The molecule has 0 bridgehead atoms. The lowest BCUT2D eigenvalue weighted by atomic mass is 10.1. The minimum absolute atomic E-state index is 0.0929. The molecule has 0 aliphatic rings. The second-order valence-corrected chi connectivity index (χ2v) is 5.60. The predicted molar refractivity (Wildman–Crippen MR) is 81.1 cm³/mol. The van der Waals surface area contributed by atoms with Gasteiger partial charge in [0.25, 0.3) is 5.56 Å². The van der Waals surface area contributed by atoms with Gasteiger partial charge in [0, 0.05) is 10.0 Å². The number of aromatic amines is 1. The molecule has 0 aliphatic carbocycles. The number of hydrogen-bond donors (Lipinski definition) is 2. The van der Waals surface area contributed by atoms with Crippen molar-refractivity contribution in [1.82, 2.24) is 10.2 Å². The van der Waals surface area contributed by atoms with Crippen LogP contribution in [0.25, 0.3) is 0 Å². The fourth-order valence-electron chi connectivity index (χ4n) is 1.65. The highest BCUT2D eigenvalue weighted by Gasteiger charge is 2.12. The lowest BCUT2D eigenvalue weighted by Crippen LogP contribution is -2.14. The first-order chi connectivity index (χ1) is 8.99. The van der Waals surface area contributed by atoms with E-state index in [-0.39, 0.29) is 11.6 Å². The number of H-pyrrole nitrogens is 1. The molecule has 0 saturated heterocycles. The number of rotatable bonds is 3. The summed E-state index contributed by atoms with van der Waals surface area (Å²) < 4.78 is 0.402. The number of anilines is 1. The van der Waals surface area contributed by atoms with Crippen molar-refractivity contribution in [1.29, 1.82) is 0 Å². The first-order valence-corrected chi connectivity index (χ1v) is 6.98. The van der Waals surface area contributed by atoms with Gasteiger partial charge in [-0.1, -0.05) is 29.3 Å². The molecule has 2 aromatic rings. The molecule has 0 saturated carbocycles. The van der Waals surface area contributed by atoms with Crippen LogP contribution in [0.2, 0.25) is 10.0 Å². The first-order valence-electron chi connectivity index (χ1n) is 5.43. The van der Waals surface area contributed by atoms with Gasteiger partial charge in [-0.2, -0.15) is 5.10 Å². The lowest BCUT2D eigenvalue weighted by molar-refractivity contribution is 0.871. The molecule has 100 valence electrons. The molecule has 1 atom stereocenters. The summed E-state index contributed by atoms with van der Waals surface area (Å²) in [6, 6.07) is 5.20. The van der Waals surface area contributed by atoms with E-state index in [0.29, 0.717) is 20.2 Å². The third-order valence-corrected chi connectivity index (χ3v) is 3.95. The molecule has 0 spiro atoms. The van der Waals surface area contributed by atoms with Crippen molar-refractivity contribution in [3.05, 3.63) is 54.8 Å². The summed E-state index contributed by atoms with van der Waals surface area (Å²) >= 11 is 15.2. The van der Waals surface area contributed by atoms with Gasteiger partial charge >= 0.3 is 0 Å². The number of hydrogen-bond acceptors (Lipinski definition) is 3.